The highest BCUT2D eigenvalue weighted by Crippen LogP contribution is 2.59. The van der Waals surface area contributed by atoms with Crippen molar-refractivity contribution >= 4 is 23.2 Å². The van der Waals surface area contributed by atoms with E-state index < -0.39 is 5.54 Å². The van der Waals surface area contributed by atoms with E-state index in [1.165, 1.54) is 29.5 Å². The van der Waals surface area contributed by atoms with Gasteiger partial charge in [-0.05, 0) is 79.8 Å². The fourth-order valence-corrected chi connectivity index (χ4v) is 5.75. The number of rotatable bonds is 2. The molecule has 3 aliphatic carbocycles. The van der Waals surface area contributed by atoms with Gasteiger partial charge in [-0.1, -0.05) is 18.2 Å². The third-order valence-corrected chi connectivity index (χ3v) is 7.21. The summed E-state index contributed by atoms with van der Waals surface area (Å²) >= 11 is 5.36. The lowest BCUT2D eigenvalue weighted by Gasteiger charge is -2.46. The van der Waals surface area contributed by atoms with Crippen molar-refractivity contribution in [2.24, 2.45) is 5.41 Å². The Bertz CT molecular complexity index is 765. The van der Waals surface area contributed by atoms with E-state index in [2.05, 4.69) is 28.8 Å². The number of hydrogen-bond acceptors (Lipinski definition) is 3. The predicted octanol–water partition coefficient (Wildman–Crippen LogP) is 2.90. The van der Waals surface area contributed by atoms with Gasteiger partial charge in [-0.15, -0.1) is 0 Å². The van der Waals surface area contributed by atoms with Crippen molar-refractivity contribution < 1.29 is 9.53 Å². The number of methoxy groups -OCH3 is 1. The van der Waals surface area contributed by atoms with E-state index in [9.17, 15) is 4.79 Å². The quantitative estimate of drug-likeness (QED) is 0.800. The molecule has 25 heavy (non-hydrogen) atoms. The van der Waals surface area contributed by atoms with Gasteiger partial charge in [-0.2, -0.15) is 0 Å². The van der Waals surface area contributed by atoms with Crippen molar-refractivity contribution in [1.29, 1.82) is 0 Å². The lowest BCUT2D eigenvalue weighted by atomic mass is 9.61. The average molecular weight is 356 g/mol. The van der Waals surface area contributed by atoms with Crippen LogP contribution in [-0.2, 0) is 21.5 Å². The van der Waals surface area contributed by atoms with Crippen molar-refractivity contribution in [3.63, 3.8) is 0 Å². The summed E-state index contributed by atoms with van der Waals surface area (Å²) in [5.74, 6) is 0.722. The van der Waals surface area contributed by atoms with Crippen LogP contribution in [0.3, 0.4) is 0 Å². The maximum Gasteiger partial charge on any atom is 0.257 e. The topological polar surface area (TPSA) is 50.4 Å². The molecule has 2 N–H and O–H groups in total. The Hall–Kier alpha value is -1.46. The van der Waals surface area contributed by atoms with Crippen LogP contribution in [0.4, 0.5) is 0 Å². The summed E-state index contributed by atoms with van der Waals surface area (Å²) in [5.41, 5.74) is 3.08. The summed E-state index contributed by atoms with van der Waals surface area (Å²) < 4.78 is 5.58. The number of nitrogens with one attached hydrogen (secondary N) is 2. The van der Waals surface area contributed by atoms with Gasteiger partial charge >= 0.3 is 0 Å². The first kappa shape index (κ1) is 15.8. The van der Waals surface area contributed by atoms with E-state index in [4.69, 9.17) is 17.0 Å². The monoisotopic (exact) mass is 356 g/mol. The maximum absolute atomic E-state index is 13.2. The van der Waals surface area contributed by atoms with Crippen LogP contribution in [0.15, 0.2) is 18.2 Å². The molecule has 1 unspecified atom stereocenters. The van der Waals surface area contributed by atoms with Gasteiger partial charge in [0, 0.05) is 12.5 Å². The second-order valence-corrected chi connectivity index (χ2v) is 8.65. The zero-order chi connectivity index (χ0) is 17.2. The SMILES string of the molecule is COC1CCC2(CC1)Cc1ccc(C3CC3)cc1C21NC(=S)NC1=O. The van der Waals surface area contributed by atoms with Crippen LogP contribution in [0.5, 0.6) is 0 Å². The highest BCUT2D eigenvalue weighted by Gasteiger charge is 2.65. The molecule has 5 heteroatoms. The molecule has 4 aliphatic rings. The van der Waals surface area contributed by atoms with Crippen LogP contribution in [0.1, 0.15) is 61.1 Å². The standard InChI is InChI=1S/C20H24N2O2S/c1-24-15-6-8-19(9-7-15)11-14-5-4-13(12-2-3-12)10-16(14)20(19)17(23)21-18(25)22-20/h4-5,10,12,15H,2-3,6-9,11H2,1H3,(H2,21,22,23,25). The van der Waals surface area contributed by atoms with Gasteiger partial charge in [-0.25, -0.2) is 0 Å². The fraction of sp³-hybridized carbons (Fsp3) is 0.600. The fourth-order valence-electron chi connectivity index (χ4n) is 5.50. The number of fused-ring (bicyclic) bond motifs is 3. The summed E-state index contributed by atoms with van der Waals surface area (Å²) in [7, 11) is 1.79. The lowest BCUT2D eigenvalue weighted by molar-refractivity contribution is -0.131. The van der Waals surface area contributed by atoms with E-state index in [0.717, 1.165) is 32.1 Å². The smallest absolute Gasteiger partial charge is 0.257 e. The zero-order valence-electron chi connectivity index (χ0n) is 14.6. The molecule has 5 rings (SSSR count). The molecule has 132 valence electrons. The van der Waals surface area contributed by atoms with Crippen LogP contribution in [0.2, 0.25) is 0 Å². The van der Waals surface area contributed by atoms with E-state index in [1.807, 2.05) is 0 Å². The van der Waals surface area contributed by atoms with Gasteiger partial charge in [0.25, 0.3) is 5.91 Å². The number of carbonyl (C=O) groups is 1. The van der Waals surface area contributed by atoms with Crippen molar-refractivity contribution in [1.82, 2.24) is 10.6 Å². The van der Waals surface area contributed by atoms with E-state index in [0.29, 0.717) is 17.1 Å². The Morgan fingerprint density at radius 3 is 2.56 bits per heavy atom. The second-order valence-electron chi connectivity index (χ2n) is 8.24. The van der Waals surface area contributed by atoms with Crippen molar-refractivity contribution in [3.05, 3.63) is 34.9 Å². The molecule has 1 heterocycles. The van der Waals surface area contributed by atoms with Crippen LogP contribution in [0, 0.1) is 5.41 Å². The maximum atomic E-state index is 13.2. The highest BCUT2D eigenvalue weighted by atomic mass is 32.1. The Labute approximate surface area is 153 Å². The molecular formula is C20H24N2O2S. The Morgan fingerprint density at radius 1 is 1.20 bits per heavy atom. The van der Waals surface area contributed by atoms with Crippen LogP contribution in [0.25, 0.3) is 0 Å². The van der Waals surface area contributed by atoms with Crippen molar-refractivity contribution in [2.75, 3.05) is 7.11 Å². The number of thiocarbonyl (C=S) groups is 1. The molecule has 3 fully saturated rings. The summed E-state index contributed by atoms with van der Waals surface area (Å²) in [4.78, 5) is 13.2. The molecule has 0 bridgehead atoms. The minimum Gasteiger partial charge on any atom is -0.381 e. The third kappa shape index (κ3) is 2.08. The second kappa shape index (κ2) is 5.27. The van der Waals surface area contributed by atoms with Gasteiger partial charge < -0.3 is 15.4 Å². The highest BCUT2D eigenvalue weighted by molar-refractivity contribution is 7.80. The molecule has 1 aromatic carbocycles. The van der Waals surface area contributed by atoms with E-state index in [-0.39, 0.29) is 11.3 Å². The van der Waals surface area contributed by atoms with E-state index in [1.54, 1.807) is 7.11 Å². The van der Waals surface area contributed by atoms with Gasteiger partial charge in [0.2, 0.25) is 0 Å². The number of hydrogen-bond donors (Lipinski definition) is 2. The molecule has 1 aliphatic heterocycles. The van der Waals surface area contributed by atoms with Crippen LogP contribution >= 0.6 is 12.2 Å². The molecule has 1 atom stereocenters. The molecular weight excluding hydrogens is 332 g/mol. The Kier molecular flexibility index (Phi) is 3.32. The van der Waals surface area contributed by atoms with Gasteiger partial charge in [0.05, 0.1) is 6.10 Å². The Balaban J connectivity index is 1.63. The van der Waals surface area contributed by atoms with Crippen LogP contribution < -0.4 is 10.6 Å². The minimum absolute atomic E-state index is 0.0417. The predicted molar refractivity (Wildman–Crippen MR) is 99.4 cm³/mol. The van der Waals surface area contributed by atoms with Gasteiger partial charge in [0.1, 0.15) is 0 Å². The lowest BCUT2D eigenvalue weighted by Crippen LogP contribution is -2.56. The number of ether oxygens (including phenoxy) is 1. The molecule has 0 aromatic heterocycles. The summed E-state index contributed by atoms with van der Waals surface area (Å²) in [6.07, 6.45) is 7.78. The Morgan fingerprint density at radius 2 is 1.96 bits per heavy atom. The summed E-state index contributed by atoms with van der Waals surface area (Å²) in [6.45, 7) is 0. The number of amides is 1. The average Bonchev–Trinajstić information content (AvgIpc) is 3.36. The molecule has 0 radical (unpaired) electrons. The van der Waals surface area contributed by atoms with Crippen molar-refractivity contribution in [3.8, 4) is 0 Å². The zero-order valence-corrected chi connectivity index (χ0v) is 15.4. The molecule has 1 amide bonds. The van der Waals surface area contributed by atoms with Gasteiger partial charge in [-0.3, -0.25) is 4.79 Å². The molecule has 2 saturated carbocycles. The molecule has 1 saturated heterocycles. The minimum atomic E-state index is -0.691. The van der Waals surface area contributed by atoms with Gasteiger partial charge in [0.15, 0.2) is 10.7 Å². The van der Waals surface area contributed by atoms with Crippen molar-refractivity contribution in [2.45, 2.75) is 62.5 Å². The summed E-state index contributed by atoms with van der Waals surface area (Å²) in [6, 6.07) is 6.83. The summed E-state index contributed by atoms with van der Waals surface area (Å²) in [5, 5.41) is 6.82. The largest absolute Gasteiger partial charge is 0.381 e. The first-order valence-electron chi connectivity index (χ1n) is 9.38. The normalized spacial score (nSPS) is 36.6. The number of carbonyl (C=O) groups excluding carboxylic acids is 1. The van der Waals surface area contributed by atoms with Crippen LogP contribution in [-0.4, -0.2) is 24.2 Å². The third-order valence-electron chi connectivity index (χ3n) is 7.00. The molecule has 2 spiro atoms. The van der Waals surface area contributed by atoms with E-state index >= 15 is 0 Å². The first-order valence-corrected chi connectivity index (χ1v) is 9.78. The first-order chi connectivity index (χ1) is 12.1. The number of benzene rings is 1. The molecule has 1 aromatic rings. The molecule has 4 nitrogen and oxygen atoms in total.